The van der Waals surface area contributed by atoms with Gasteiger partial charge < -0.3 is 9.47 Å². The Morgan fingerprint density at radius 2 is 1.00 bits per heavy atom. The Bertz CT molecular complexity index is 169. The molecule has 0 fully saturated rings. The number of hydrogen-bond acceptors (Lipinski definition) is 5. The zero-order valence-corrected chi connectivity index (χ0v) is 5.54. The molecule has 0 unspecified atom stereocenters. The van der Waals surface area contributed by atoms with Gasteiger partial charge in [-0.15, -0.1) is 0 Å². The first-order valence-electron chi connectivity index (χ1n) is 2.43. The van der Waals surface area contributed by atoms with Crippen LogP contribution in [-0.4, -0.2) is 153 Å². The van der Waals surface area contributed by atoms with Crippen LogP contribution in [0.15, 0.2) is 0 Å². The SMILES string of the molecule is CC(=O)OC(=O)OC(C)=O.[CaH2].[CaH2].[NaH].[NaH]. The molecule has 0 rings (SSSR count). The van der Waals surface area contributed by atoms with Gasteiger partial charge >= 0.3 is 153 Å². The molecule has 0 saturated heterocycles. The summed E-state index contributed by atoms with van der Waals surface area (Å²) < 4.78 is 7.68. The van der Waals surface area contributed by atoms with Gasteiger partial charge in [-0.3, -0.25) is 9.59 Å². The zero-order chi connectivity index (χ0) is 8.15. The molecule has 68 valence electrons. The molecule has 0 heterocycles. The molecule has 0 spiro atoms. The normalized spacial score (nSPS) is 5.86. The van der Waals surface area contributed by atoms with Crippen LogP contribution in [0.1, 0.15) is 13.8 Å². The monoisotopic (exact) mass is 278 g/mol. The summed E-state index contributed by atoms with van der Waals surface area (Å²) in [6.45, 7) is 2.06. The van der Waals surface area contributed by atoms with Crippen LogP contribution in [0, 0.1) is 0 Å². The van der Waals surface area contributed by atoms with Gasteiger partial charge in [-0.2, -0.15) is 0 Å². The Morgan fingerprint density at radius 1 is 0.786 bits per heavy atom. The molecule has 0 aromatic heterocycles. The molecule has 0 aliphatic rings. The Hall–Kier alpha value is 3.13. The summed E-state index contributed by atoms with van der Waals surface area (Å²) in [7, 11) is 0. The summed E-state index contributed by atoms with van der Waals surface area (Å²) in [4.78, 5) is 30.2. The minimum absolute atomic E-state index is 0. The summed E-state index contributed by atoms with van der Waals surface area (Å²) in [5, 5.41) is 0. The summed E-state index contributed by atoms with van der Waals surface area (Å²) >= 11 is 0. The van der Waals surface area contributed by atoms with E-state index in [9.17, 15) is 14.4 Å². The van der Waals surface area contributed by atoms with E-state index < -0.39 is 18.1 Å². The number of esters is 2. The Balaban J connectivity index is -0.0000000675. The second-order valence-corrected chi connectivity index (χ2v) is 1.44. The second-order valence-electron chi connectivity index (χ2n) is 1.44. The molecular weight excluding hydrogens is 266 g/mol. The van der Waals surface area contributed by atoms with Crippen LogP contribution < -0.4 is 0 Å². The third-order valence-corrected chi connectivity index (χ3v) is 0.454. The molecule has 0 aromatic carbocycles. The molecule has 0 aromatic rings. The molecule has 5 nitrogen and oxygen atoms in total. The van der Waals surface area contributed by atoms with Gasteiger partial charge in [0, 0.05) is 13.8 Å². The third-order valence-electron chi connectivity index (χ3n) is 0.454. The first kappa shape index (κ1) is 30.3. The van der Waals surface area contributed by atoms with Crippen LogP contribution in [0.2, 0.25) is 0 Å². The number of hydrogen-bond donors (Lipinski definition) is 0. The molecule has 0 bridgehead atoms. The topological polar surface area (TPSA) is 69.7 Å². The van der Waals surface area contributed by atoms with E-state index in [-0.39, 0.29) is 135 Å². The van der Waals surface area contributed by atoms with Gasteiger partial charge in [0.05, 0.1) is 0 Å². The quantitative estimate of drug-likeness (QED) is 0.270. The van der Waals surface area contributed by atoms with Gasteiger partial charge in [-0.05, 0) is 0 Å². The van der Waals surface area contributed by atoms with Gasteiger partial charge in [0.15, 0.2) is 0 Å². The Labute approximate surface area is 186 Å². The van der Waals surface area contributed by atoms with Crippen molar-refractivity contribution in [1.82, 2.24) is 0 Å². The third kappa shape index (κ3) is 24.4. The second kappa shape index (κ2) is 18.5. The van der Waals surface area contributed by atoms with Crippen LogP contribution in [-0.2, 0) is 19.1 Å². The van der Waals surface area contributed by atoms with Crippen molar-refractivity contribution < 1.29 is 23.9 Å². The first-order valence-corrected chi connectivity index (χ1v) is 2.43. The van der Waals surface area contributed by atoms with E-state index >= 15 is 0 Å². The van der Waals surface area contributed by atoms with Crippen molar-refractivity contribution in [2.45, 2.75) is 13.8 Å². The van der Waals surface area contributed by atoms with Crippen LogP contribution >= 0.6 is 0 Å². The van der Waals surface area contributed by atoms with Gasteiger partial charge in [0.25, 0.3) is 0 Å². The number of ether oxygens (including phenoxy) is 2. The van der Waals surface area contributed by atoms with E-state index in [1.165, 1.54) is 0 Å². The summed E-state index contributed by atoms with van der Waals surface area (Å²) in [6.07, 6.45) is -1.29. The molecule has 0 aliphatic heterocycles. The van der Waals surface area contributed by atoms with Crippen LogP contribution in [0.4, 0.5) is 4.79 Å². The van der Waals surface area contributed by atoms with Crippen molar-refractivity contribution in [3.63, 3.8) is 0 Å². The van der Waals surface area contributed by atoms with Crippen molar-refractivity contribution in [1.29, 1.82) is 0 Å². The minimum atomic E-state index is -1.29. The molecule has 9 heteroatoms. The molecule has 0 atom stereocenters. The van der Waals surface area contributed by atoms with E-state index in [1.807, 2.05) is 0 Å². The van der Waals surface area contributed by atoms with E-state index in [2.05, 4.69) is 9.47 Å². The maximum absolute atomic E-state index is 10.2. The van der Waals surface area contributed by atoms with E-state index in [4.69, 9.17) is 0 Å². The molecule has 0 amide bonds. The van der Waals surface area contributed by atoms with Crippen molar-refractivity contribution in [2.75, 3.05) is 0 Å². The first-order chi connectivity index (χ1) is 4.52. The Morgan fingerprint density at radius 3 is 1.14 bits per heavy atom. The van der Waals surface area contributed by atoms with E-state index in [0.717, 1.165) is 13.8 Å². The average Bonchev–Trinajstić information content (AvgIpc) is 1.58. The van der Waals surface area contributed by atoms with Crippen molar-refractivity contribution >= 4 is 153 Å². The fourth-order valence-electron chi connectivity index (χ4n) is 0.256. The fourth-order valence-corrected chi connectivity index (χ4v) is 0.256. The van der Waals surface area contributed by atoms with Crippen molar-refractivity contribution in [3.05, 3.63) is 0 Å². The molecule has 14 heavy (non-hydrogen) atoms. The van der Waals surface area contributed by atoms with E-state index in [1.54, 1.807) is 0 Å². The van der Waals surface area contributed by atoms with Gasteiger partial charge in [-0.1, -0.05) is 0 Å². The van der Waals surface area contributed by atoms with Gasteiger partial charge in [-0.25, -0.2) is 4.79 Å². The number of carbonyl (C=O) groups excluding carboxylic acids is 3. The molecule has 0 radical (unpaired) electrons. The zero-order valence-electron chi connectivity index (χ0n) is 5.54. The molecule has 0 N–H and O–H groups in total. The van der Waals surface area contributed by atoms with Crippen LogP contribution in [0.3, 0.4) is 0 Å². The molecular formula is C5H12Ca2Na2O5. The Kier molecular flexibility index (Phi) is 40.0. The predicted molar refractivity (Wildman–Crippen MR) is 60.3 cm³/mol. The van der Waals surface area contributed by atoms with Crippen molar-refractivity contribution in [2.24, 2.45) is 0 Å². The van der Waals surface area contributed by atoms with Gasteiger partial charge in [0.2, 0.25) is 0 Å². The molecule has 0 aliphatic carbocycles. The molecule has 0 saturated carbocycles. The fraction of sp³-hybridized carbons (Fsp3) is 0.400. The van der Waals surface area contributed by atoms with Crippen molar-refractivity contribution in [3.8, 4) is 0 Å². The van der Waals surface area contributed by atoms with E-state index in [0.29, 0.717) is 0 Å². The predicted octanol–water partition coefficient (Wildman–Crippen LogP) is -2.90. The summed E-state index contributed by atoms with van der Waals surface area (Å²) in [6, 6.07) is 0. The van der Waals surface area contributed by atoms with Gasteiger partial charge in [0.1, 0.15) is 0 Å². The summed E-state index contributed by atoms with van der Waals surface area (Å²) in [5.74, 6) is -1.63. The number of rotatable bonds is 0. The number of carbonyl (C=O) groups is 3. The standard InChI is InChI=1S/C5H6O5.2Ca.2Na.6H/c1-3(6)9-5(8)10-4(2)7;;;;;;;;;;/h1-2H3;;;;;;;;;;. The average molecular weight is 278 g/mol. The van der Waals surface area contributed by atoms with Crippen LogP contribution in [0.5, 0.6) is 0 Å². The van der Waals surface area contributed by atoms with Crippen LogP contribution in [0.25, 0.3) is 0 Å². The summed E-state index contributed by atoms with van der Waals surface area (Å²) in [5.41, 5.74) is 0. The maximum atomic E-state index is 10.2.